The summed E-state index contributed by atoms with van der Waals surface area (Å²) in [5.41, 5.74) is 1.75. The number of hydrogen-bond acceptors (Lipinski definition) is 6. The zero-order chi connectivity index (χ0) is 15.8. The van der Waals surface area contributed by atoms with Crippen molar-refractivity contribution in [3.05, 3.63) is 37.0 Å². The monoisotopic (exact) mass is 290 g/mol. The highest BCUT2D eigenvalue weighted by molar-refractivity contribution is 5.32. The molecule has 1 rings (SSSR count). The minimum Gasteiger partial charge on any atom is -0.459 e. The Kier molecular flexibility index (Phi) is 6.39. The molecule has 0 bridgehead atoms. The van der Waals surface area contributed by atoms with Crippen LogP contribution in [-0.4, -0.2) is 41.8 Å². The smallest absolute Gasteiger partial charge is 0.324 e. The van der Waals surface area contributed by atoms with E-state index in [4.69, 9.17) is 9.47 Å². The second kappa shape index (κ2) is 8.04. The third kappa shape index (κ3) is 6.07. The molecule has 0 aliphatic carbocycles. The summed E-state index contributed by atoms with van der Waals surface area (Å²) >= 11 is 0. The fourth-order valence-corrected chi connectivity index (χ4v) is 1.28. The van der Waals surface area contributed by atoms with Crippen molar-refractivity contribution in [2.45, 2.75) is 13.8 Å². The van der Waals surface area contributed by atoms with E-state index in [1.165, 1.54) is 0 Å². The fraction of sp³-hybridized carbons (Fsp3) is 0.400. The maximum absolute atomic E-state index is 5.47. The molecule has 21 heavy (non-hydrogen) atoms. The molecule has 0 unspecified atom stereocenters. The number of ether oxygens (including phenoxy) is 2. The SMILES string of the molecule is C=CCN(C)c1nc(OCC(=C)C)nc(OCC(=C)C)n1. The predicted octanol–water partition coefficient (Wildman–Crippen LogP) is 2.40. The van der Waals surface area contributed by atoms with Crippen LogP contribution in [0.25, 0.3) is 0 Å². The number of likely N-dealkylation sites (N-methyl/N-ethyl adjacent to an activating group) is 1. The quantitative estimate of drug-likeness (QED) is 0.651. The molecule has 0 aliphatic heterocycles. The van der Waals surface area contributed by atoms with Crippen molar-refractivity contribution in [1.29, 1.82) is 0 Å². The molecule has 0 saturated carbocycles. The Balaban J connectivity index is 2.97. The maximum atomic E-state index is 5.47. The average Bonchev–Trinajstić information content (AvgIpc) is 2.43. The number of rotatable bonds is 9. The van der Waals surface area contributed by atoms with Crippen molar-refractivity contribution in [2.75, 3.05) is 31.7 Å². The van der Waals surface area contributed by atoms with Gasteiger partial charge >= 0.3 is 12.0 Å². The summed E-state index contributed by atoms with van der Waals surface area (Å²) in [7, 11) is 1.85. The molecular formula is C15H22N4O2. The van der Waals surface area contributed by atoms with E-state index < -0.39 is 0 Å². The predicted molar refractivity (Wildman–Crippen MR) is 83.9 cm³/mol. The second-order valence-corrected chi connectivity index (χ2v) is 4.86. The lowest BCUT2D eigenvalue weighted by Gasteiger charge is -2.16. The Morgan fingerprint density at radius 2 is 1.52 bits per heavy atom. The van der Waals surface area contributed by atoms with Gasteiger partial charge in [-0.05, 0) is 25.0 Å². The summed E-state index contributed by atoms with van der Waals surface area (Å²) in [6.45, 7) is 16.3. The van der Waals surface area contributed by atoms with Crippen LogP contribution in [-0.2, 0) is 0 Å². The summed E-state index contributed by atoms with van der Waals surface area (Å²) in [5.74, 6) is 0.457. The van der Waals surface area contributed by atoms with Crippen molar-refractivity contribution >= 4 is 5.95 Å². The van der Waals surface area contributed by atoms with E-state index in [0.29, 0.717) is 25.7 Å². The molecule has 0 N–H and O–H groups in total. The molecule has 1 aromatic rings. The molecule has 0 atom stereocenters. The van der Waals surface area contributed by atoms with E-state index in [1.54, 1.807) is 6.08 Å². The number of nitrogens with zero attached hydrogens (tertiary/aromatic N) is 4. The molecule has 0 fully saturated rings. The Morgan fingerprint density at radius 3 is 1.90 bits per heavy atom. The molecule has 0 radical (unpaired) electrons. The molecule has 1 aromatic heterocycles. The van der Waals surface area contributed by atoms with Gasteiger partial charge in [-0.3, -0.25) is 0 Å². The lowest BCUT2D eigenvalue weighted by Crippen LogP contribution is -2.21. The Labute approximate surface area is 125 Å². The molecule has 0 aliphatic rings. The summed E-state index contributed by atoms with van der Waals surface area (Å²) in [4.78, 5) is 14.4. The molecule has 114 valence electrons. The first kappa shape index (κ1) is 16.7. The van der Waals surface area contributed by atoms with Crippen molar-refractivity contribution in [3.8, 4) is 12.0 Å². The Morgan fingerprint density at radius 1 is 1.05 bits per heavy atom. The minimum absolute atomic E-state index is 0.204. The van der Waals surface area contributed by atoms with Crippen molar-refractivity contribution < 1.29 is 9.47 Å². The van der Waals surface area contributed by atoms with Crippen molar-refractivity contribution in [3.63, 3.8) is 0 Å². The van der Waals surface area contributed by atoms with Crippen LogP contribution in [0.3, 0.4) is 0 Å². The first-order valence-corrected chi connectivity index (χ1v) is 6.54. The molecule has 1 heterocycles. The molecule has 6 nitrogen and oxygen atoms in total. The van der Waals surface area contributed by atoms with Gasteiger partial charge in [0, 0.05) is 13.6 Å². The summed E-state index contributed by atoms with van der Waals surface area (Å²) in [6.07, 6.45) is 1.76. The van der Waals surface area contributed by atoms with Gasteiger partial charge in [0.15, 0.2) is 0 Å². The first-order chi connectivity index (χ1) is 9.92. The molecule has 0 aromatic carbocycles. The van der Waals surface area contributed by atoms with Gasteiger partial charge in [0.05, 0.1) is 0 Å². The van der Waals surface area contributed by atoms with Crippen LogP contribution in [0.5, 0.6) is 12.0 Å². The highest BCUT2D eigenvalue weighted by atomic mass is 16.5. The third-order valence-corrected chi connectivity index (χ3v) is 2.22. The van der Waals surface area contributed by atoms with Crippen molar-refractivity contribution in [1.82, 2.24) is 15.0 Å². The third-order valence-electron chi connectivity index (χ3n) is 2.22. The van der Waals surface area contributed by atoms with Crippen molar-refractivity contribution in [2.24, 2.45) is 0 Å². The van der Waals surface area contributed by atoms with Gasteiger partial charge in [0.2, 0.25) is 5.95 Å². The van der Waals surface area contributed by atoms with Crippen LogP contribution in [0.1, 0.15) is 13.8 Å². The van der Waals surface area contributed by atoms with Crippen LogP contribution in [0, 0.1) is 0 Å². The lowest BCUT2D eigenvalue weighted by molar-refractivity contribution is 0.290. The molecule has 0 saturated heterocycles. The van der Waals surface area contributed by atoms with Gasteiger partial charge in [0.25, 0.3) is 0 Å². The molecule has 6 heteroatoms. The molecule has 0 amide bonds. The van der Waals surface area contributed by atoms with E-state index in [0.717, 1.165) is 11.1 Å². The standard InChI is InChI=1S/C15H22N4O2/c1-7-8-19(6)13-16-14(20-9-11(2)3)18-15(17-13)21-10-12(4)5/h7H,1-2,4,8-10H2,3,5-6H3. The van der Waals surface area contributed by atoms with Gasteiger partial charge in [-0.15, -0.1) is 11.6 Å². The fourth-order valence-electron chi connectivity index (χ4n) is 1.28. The summed E-state index contributed by atoms with van der Waals surface area (Å²) in [5, 5.41) is 0. The Hall–Kier alpha value is -2.37. The van der Waals surface area contributed by atoms with Gasteiger partial charge in [-0.1, -0.05) is 19.2 Å². The summed E-state index contributed by atoms with van der Waals surface area (Å²) in [6, 6.07) is 0.409. The van der Waals surface area contributed by atoms with E-state index in [-0.39, 0.29) is 12.0 Å². The highest BCUT2D eigenvalue weighted by Crippen LogP contribution is 2.16. The highest BCUT2D eigenvalue weighted by Gasteiger charge is 2.12. The average molecular weight is 290 g/mol. The topological polar surface area (TPSA) is 60.4 Å². The van der Waals surface area contributed by atoms with Gasteiger partial charge in [0.1, 0.15) is 13.2 Å². The van der Waals surface area contributed by atoms with Crippen LogP contribution >= 0.6 is 0 Å². The number of hydrogen-bond donors (Lipinski definition) is 0. The lowest BCUT2D eigenvalue weighted by atomic mass is 10.4. The molecular weight excluding hydrogens is 268 g/mol. The van der Waals surface area contributed by atoms with E-state index in [1.807, 2.05) is 25.8 Å². The van der Waals surface area contributed by atoms with Gasteiger partial charge < -0.3 is 14.4 Å². The van der Waals surface area contributed by atoms with Crippen LogP contribution < -0.4 is 14.4 Å². The van der Waals surface area contributed by atoms with Gasteiger partial charge in [-0.2, -0.15) is 9.97 Å². The zero-order valence-corrected chi connectivity index (χ0v) is 12.9. The maximum Gasteiger partial charge on any atom is 0.324 e. The first-order valence-electron chi connectivity index (χ1n) is 6.54. The second-order valence-electron chi connectivity index (χ2n) is 4.86. The van der Waals surface area contributed by atoms with Gasteiger partial charge in [-0.25, -0.2) is 0 Å². The largest absolute Gasteiger partial charge is 0.459 e. The van der Waals surface area contributed by atoms with E-state index >= 15 is 0 Å². The Bertz CT molecular complexity index is 492. The van der Waals surface area contributed by atoms with Crippen LogP contribution in [0.4, 0.5) is 5.95 Å². The van der Waals surface area contributed by atoms with E-state index in [9.17, 15) is 0 Å². The normalized spacial score (nSPS) is 9.86. The van der Waals surface area contributed by atoms with Crippen LogP contribution in [0.15, 0.2) is 37.0 Å². The molecule has 0 spiro atoms. The van der Waals surface area contributed by atoms with Crippen LogP contribution in [0.2, 0.25) is 0 Å². The van der Waals surface area contributed by atoms with E-state index in [2.05, 4.69) is 34.7 Å². The summed E-state index contributed by atoms with van der Waals surface area (Å²) < 4.78 is 10.9. The number of aromatic nitrogens is 3. The minimum atomic E-state index is 0.204. The zero-order valence-electron chi connectivity index (χ0n) is 12.9. The number of anilines is 1.